The monoisotopic (exact) mass is 327 g/mol. The van der Waals surface area contributed by atoms with Crippen LogP contribution in [0.2, 0.25) is 0 Å². The van der Waals surface area contributed by atoms with E-state index in [1.165, 1.54) is 16.8 Å². The standard InChI is InChI=1S/C12H17N5O4S/c1-16-7-11(13-8-16)22(18,19)17-5-9(6-17)12-14-10(15-21-12)3-4-20-2/h7-9H,3-6H2,1-2H3. The first-order valence-electron chi connectivity index (χ1n) is 6.80. The lowest BCUT2D eigenvalue weighted by molar-refractivity contribution is 0.199. The van der Waals surface area contributed by atoms with Crippen molar-refractivity contribution >= 4 is 10.0 Å². The van der Waals surface area contributed by atoms with Crippen molar-refractivity contribution in [1.29, 1.82) is 0 Å². The molecule has 1 fully saturated rings. The average molecular weight is 327 g/mol. The van der Waals surface area contributed by atoms with Gasteiger partial charge in [0.2, 0.25) is 5.89 Å². The third-order valence-corrected chi connectivity index (χ3v) is 5.21. The first kappa shape index (κ1) is 15.1. The van der Waals surface area contributed by atoms with Gasteiger partial charge in [-0.1, -0.05) is 5.16 Å². The summed E-state index contributed by atoms with van der Waals surface area (Å²) in [5, 5.41) is 3.91. The minimum Gasteiger partial charge on any atom is -0.384 e. The molecule has 10 heteroatoms. The van der Waals surface area contributed by atoms with Gasteiger partial charge in [-0.25, -0.2) is 13.4 Å². The summed E-state index contributed by atoms with van der Waals surface area (Å²) in [6.45, 7) is 1.17. The van der Waals surface area contributed by atoms with E-state index < -0.39 is 10.0 Å². The summed E-state index contributed by atoms with van der Waals surface area (Å²) in [6, 6.07) is 0. The second-order valence-electron chi connectivity index (χ2n) is 5.19. The van der Waals surface area contributed by atoms with Gasteiger partial charge in [0.1, 0.15) is 0 Å². The van der Waals surface area contributed by atoms with Crippen LogP contribution in [0.25, 0.3) is 0 Å². The number of rotatable bonds is 6. The maximum Gasteiger partial charge on any atom is 0.262 e. The van der Waals surface area contributed by atoms with Crippen LogP contribution in [0.1, 0.15) is 17.6 Å². The van der Waals surface area contributed by atoms with Crippen LogP contribution in [0, 0.1) is 0 Å². The molecule has 0 spiro atoms. The molecule has 0 saturated carbocycles. The van der Waals surface area contributed by atoms with Gasteiger partial charge in [-0.15, -0.1) is 0 Å². The highest BCUT2D eigenvalue weighted by Gasteiger charge is 2.41. The highest BCUT2D eigenvalue weighted by molar-refractivity contribution is 7.89. The Labute approximate surface area is 127 Å². The second kappa shape index (κ2) is 5.78. The zero-order valence-electron chi connectivity index (χ0n) is 12.3. The van der Waals surface area contributed by atoms with Crippen molar-refractivity contribution in [2.24, 2.45) is 7.05 Å². The molecule has 1 saturated heterocycles. The van der Waals surface area contributed by atoms with Crippen LogP contribution in [0.5, 0.6) is 0 Å². The van der Waals surface area contributed by atoms with Gasteiger partial charge in [0.05, 0.1) is 18.9 Å². The van der Waals surface area contributed by atoms with Gasteiger partial charge < -0.3 is 13.8 Å². The number of hydrogen-bond acceptors (Lipinski definition) is 7. The molecular formula is C12H17N5O4S. The van der Waals surface area contributed by atoms with E-state index in [4.69, 9.17) is 9.26 Å². The van der Waals surface area contributed by atoms with Crippen molar-refractivity contribution < 1.29 is 17.7 Å². The Morgan fingerprint density at radius 3 is 2.86 bits per heavy atom. The van der Waals surface area contributed by atoms with Crippen molar-refractivity contribution in [2.45, 2.75) is 17.4 Å². The van der Waals surface area contributed by atoms with Crippen LogP contribution in [0.3, 0.4) is 0 Å². The SMILES string of the molecule is COCCc1noc(C2CN(S(=O)(=O)c3cn(C)cn3)C2)n1. The number of hydrogen-bond donors (Lipinski definition) is 0. The van der Waals surface area contributed by atoms with Gasteiger partial charge in [-0.3, -0.25) is 0 Å². The fourth-order valence-electron chi connectivity index (χ4n) is 2.17. The quantitative estimate of drug-likeness (QED) is 0.722. The topological polar surface area (TPSA) is 103 Å². The van der Waals surface area contributed by atoms with E-state index in [2.05, 4.69) is 15.1 Å². The maximum absolute atomic E-state index is 12.3. The Morgan fingerprint density at radius 2 is 2.23 bits per heavy atom. The van der Waals surface area contributed by atoms with Crippen LogP contribution < -0.4 is 0 Å². The first-order chi connectivity index (χ1) is 10.5. The molecule has 2 aromatic rings. The summed E-state index contributed by atoms with van der Waals surface area (Å²) in [6.07, 6.45) is 3.52. The largest absolute Gasteiger partial charge is 0.384 e. The smallest absolute Gasteiger partial charge is 0.262 e. The molecule has 0 atom stereocenters. The predicted octanol–water partition coefficient (Wildman–Crippen LogP) is -0.220. The molecular weight excluding hydrogens is 310 g/mol. The van der Waals surface area contributed by atoms with Gasteiger partial charge in [0, 0.05) is 39.9 Å². The number of nitrogens with zero attached hydrogens (tertiary/aromatic N) is 5. The molecule has 0 unspecified atom stereocenters. The lowest BCUT2D eigenvalue weighted by Gasteiger charge is -2.35. The molecule has 0 N–H and O–H groups in total. The number of aromatic nitrogens is 4. The molecule has 0 aromatic carbocycles. The number of sulfonamides is 1. The highest BCUT2D eigenvalue weighted by atomic mass is 32.2. The normalized spacial score (nSPS) is 16.8. The van der Waals surface area contributed by atoms with Crippen molar-refractivity contribution in [3.8, 4) is 0 Å². The molecule has 0 amide bonds. The third kappa shape index (κ3) is 2.76. The van der Waals surface area contributed by atoms with E-state index in [-0.39, 0.29) is 10.9 Å². The zero-order chi connectivity index (χ0) is 15.7. The molecule has 3 rings (SSSR count). The molecule has 1 aliphatic heterocycles. The lowest BCUT2D eigenvalue weighted by Crippen LogP contribution is -2.48. The summed E-state index contributed by atoms with van der Waals surface area (Å²) in [5.41, 5.74) is 0. The van der Waals surface area contributed by atoms with Gasteiger partial charge in [0.15, 0.2) is 10.9 Å². The molecule has 0 aliphatic carbocycles. The van der Waals surface area contributed by atoms with Crippen LogP contribution >= 0.6 is 0 Å². The third-order valence-electron chi connectivity index (χ3n) is 3.50. The van der Waals surface area contributed by atoms with E-state index in [1.54, 1.807) is 18.7 Å². The van der Waals surface area contributed by atoms with Crippen LogP contribution in [-0.4, -0.2) is 59.2 Å². The van der Waals surface area contributed by atoms with Gasteiger partial charge in [-0.05, 0) is 0 Å². The number of aryl methyl sites for hydroxylation is 1. The molecule has 120 valence electrons. The van der Waals surface area contributed by atoms with Crippen LogP contribution in [0.4, 0.5) is 0 Å². The fourth-order valence-corrected chi connectivity index (χ4v) is 3.67. The lowest BCUT2D eigenvalue weighted by atomic mass is 10.0. The van der Waals surface area contributed by atoms with E-state index in [0.717, 1.165) is 0 Å². The highest BCUT2D eigenvalue weighted by Crippen LogP contribution is 2.30. The van der Waals surface area contributed by atoms with E-state index in [0.29, 0.717) is 37.8 Å². The summed E-state index contributed by atoms with van der Waals surface area (Å²) < 4.78 is 37.7. The van der Waals surface area contributed by atoms with Gasteiger partial charge >= 0.3 is 0 Å². The predicted molar refractivity (Wildman–Crippen MR) is 74.6 cm³/mol. The van der Waals surface area contributed by atoms with Crippen molar-refractivity contribution in [1.82, 2.24) is 24.0 Å². The van der Waals surface area contributed by atoms with Crippen LogP contribution in [-0.2, 0) is 28.2 Å². The first-order valence-corrected chi connectivity index (χ1v) is 8.24. The van der Waals surface area contributed by atoms with E-state index in [9.17, 15) is 8.42 Å². The Balaban J connectivity index is 1.63. The minimum atomic E-state index is -3.54. The van der Waals surface area contributed by atoms with Crippen LogP contribution in [0.15, 0.2) is 22.1 Å². The summed E-state index contributed by atoms with van der Waals surface area (Å²) in [5.74, 6) is 0.976. The van der Waals surface area contributed by atoms with Crippen molar-refractivity contribution in [3.63, 3.8) is 0 Å². The molecule has 1 aliphatic rings. The van der Waals surface area contributed by atoms with E-state index >= 15 is 0 Å². The second-order valence-corrected chi connectivity index (χ2v) is 7.07. The zero-order valence-corrected chi connectivity index (χ0v) is 13.2. The summed E-state index contributed by atoms with van der Waals surface area (Å²) >= 11 is 0. The minimum absolute atomic E-state index is 0.0553. The Morgan fingerprint density at radius 1 is 1.45 bits per heavy atom. The van der Waals surface area contributed by atoms with Gasteiger partial charge in [0.25, 0.3) is 10.0 Å². The number of ether oxygens (including phenoxy) is 1. The molecule has 0 radical (unpaired) electrons. The number of imidazole rings is 1. The molecule has 3 heterocycles. The summed E-state index contributed by atoms with van der Waals surface area (Å²) in [4.78, 5) is 8.16. The molecule has 22 heavy (non-hydrogen) atoms. The Kier molecular flexibility index (Phi) is 3.98. The van der Waals surface area contributed by atoms with Crippen molar-refractivity contribution in [3.05, 3.63) is 24.2 Å². The molecule has 2 aromatic heterocycles. The fraction of sp³-hybridized carbons (Fsp3) is 0.583. The number of methoxy groups -OCH3 is 1. The Hall–Kier alpha value is -1.78. The van der Waals surface area contributed by atoms with E-state index in [1.807, 2.05) is 0 Å². The maximum atomic E-state index is 12.3. The average Bonchev–Trinajstić information content (AvgIpc) is 3.04. The Bertz CT molecular complexity index is 747. The molecule has 0 bridgehead atoms. The van der Waals surface area contributed by atoms with Gasteiger partial charge in [-0.2, -0.15) is 9.29 Å². The molecule has 9 nitrogen and oxygen atoms in total. The van der Waals surface area contributed by atoms with Crippen molar-refractivity contribution in [2.75, 3.05) is 26.8 Å². The summed E-state index contributed by atoms with van der Waals surface area (Å²) in [7, 11) is -0.207.